The Morgan fingerprint density at radius 3 is 2.59 bits per heavy atom. The van der Waals surface area contributed by atoms with Gasteiger partial charge in [0.1, 0.15) is 29.5 Å². The number of rotatable bonds is 7. The highest BCUT2D eigenvalue weighted by Crippen LogP contribution is 2.43. The molecule has 2 saturated heterocycles. The van der Waals surface area contributed by atoms with Gasteiger partial charge in [-0.25, -0.2) is 19.2 Å². The Morgan fingerprint density at radius 1 is 1.02 bits per heavy atom. The minimum absolute atomic E-state index is 0.0173. The number of nitrogens with one attached hydrogen (secondary N) is 1. The molecule has 2 aromatic heterocycles. The van der Waals surface area contributed by atoms with E-state index in [4.69, 9.17) is 14.5 Å². The number of hydrogen-bond acceptors (Lipinski definition) is 7. The highest BCUT2D eigenvalue weighted by atomic mass is 19.1. The Bertz CT molecular complexity index is 1590. The number of pyridine rings is 1. The van der Waals surface area contributed by atoms with Crippen molar-refractivity contribution in [2.24, 2.45) is 0 Å². The molecule has 0 radical (unpaired) electrons. The molecule has 2 unspecified atom stereocenters. The molecule has 2 atom stereocenters. The third kappa shape index (κ3) is 5.02. The molecule has 3 aliphatic rings. The second-order valence-electron chi connectivity index (χ2n) is 11.1. The fraction of sp³-hybridized carbons (Fsp3) is 0.387. The number of anilines is 1. The zero-order valence-corrected chi connectivity index (χ0v) is 22.6. The zero-order valence-electron chi connectivity index (χ0n) is 22.6. The van der Waals surface area contributed by atoms with Crippen LogP contribution in [0, 0.1) is 5.82 Å². The van der Waals surface area contributed by atoms with Crippen molar-refractivity contribution < 1.29 is 23.8 Å². The number of nitrogens with zero attached hydrogens (tertiary/aromatic N) is 4. The first-order valence-corrected chi connectivity index (χ1v) is 14.2. The molecular weight excluding hydrogens is 525 g/mol. The maximum atomic E-state index is 14.4. The molecule has 0 amide bonds. The van der Waals surface area contributed by atoms with Gasteiger partial charge in [0.2, 0.25) is 0 Å². The lowest BCUT2D eigenvalue weighted by atomic mass is 9.88. The van der Waals surface area contributed by atoms with Crippen LogP contribution >= 0.6 is 0 Å². The van der Waals surface area contributed by atoms with Gasteiger partial charge in [-0.15, -0.1) is 0 Å². The average molecular weight is 558 g/mol. The summed E-state index contributed by atoms with van der Waals surface area (Å²) in [5.74, 6) is 0.838. The molecule has 0 saturated carbocycles. The van der Waals surface area contributed by atoms with Crippen molar-refractivity contribution in [2.75, 3.05) is 31.6 Å². The van der Waals surface area contributed by atoms with Crippen LogP contribution < -0.4 is 10.1 Å². The van der Waals surface area contributed by atoms with Gasteiger partial charge in [-0.3, -0.25) is 4.90 Å². The third-order valence-electron chi connectivity index (χ3n) is 8.51. The highest BCUT2D eigenvalue weighted by Gasteiger charge is 2.30. The fourth-order valence-electron chi connectivity index (χ4n) is 6.19. The summed E-state index contributed by atoms with van der Waals surface area (Å²) < 4.78 is 28.4. The van der Waals surface area contributed by atoms with E-state index in [9.17, 15) is 14.3 Å². The molecule has 0 spiro atoms. The van der Waals surface area contributed by atoms with Gasteiger partial charge in [0.15, 0.2) is 11.3 Å². The van der Waals surface area contributed by atoms with Gasteiger partial charge in [-0.05, 0) is 68.1 Å². The number of piperidine rings is 1. The Hall–Kier alpha value is -4.02. The summed E-state index contributed by atoms with van der Waals surface area (Å²) in [5.41, 5.74) is 4.03. The maximum Gasteiger partial charge on any atom is 0.354 e. The smallest absolute Gasteiger partial charge is 0.354 e. The van der Waals surface area contributed by atoms with Crippen LogP contribution in [0.5, 0.6) is 5.75 Å². The van der Waals surface area contributed by atoms with Gasteiger partial charge in [-0.2, -0.15) is 0 Å². The van der Waals surface area contributed by atoms with E-state index in [1.807, 2.05) is 22.8 Å². The van der Waals surface area contributed by atoms with Gasteiger partial charge in [-0.1, -0.05) is 30.3 Å². The number of benzene rings is 2. The van der Waals surface area contributed by atoms with Gasteiger partial charge in [0.05, 0.1) is 30.9 Å². The van der Waals surface area contributed by atoms with Crippen LogP contribution in [-0.2, 0) is 17.8 Å². The molecule has 0 aliphatic carbocycles. The topological polar surface area (TPSA) is 102 Å². The van der Waals surface area contributed by atoms with Crippen LogP contribution in [-0.4, -0.2) is 62.9 Å². The number of likely N-dealkylation sites (tertiary alicyclic amines) is 1. The summed E-state index contributed by atoms with van der Waals surface area (Å²) in [4.78, 5) is 23.2. The van der Waals surface area contributed by atoms with Crippen molar-refractivity contribution in [3.8, 4) is 5.75 Å². The number of imidazole rings is 1. The predicted molar refractivity (Wildman–Crippen MR) is 151 cm³/mol. The second-order valence-corrected chi connectivity index (χ2v) is 11.1. The van der Waals surface area contributed by atoms with E-state index in [0.29, 0.717) is 42.3 Å². The van der Waals surface area contributed by atoms with Crippen molar-refractivity contribution in [1.82, 2.24) is 19.4 Å². The van der Waals surface area contributed by atoms with Crippen molar-refractivity contribution in [2.45, 2.75) is 50.4 Å². The summed E-state index contributed by atoms with van der Waals surface area (Å²) in [7, 11) is 0. The number of fused-ring (bicyclic) bond motifs is 2. The summed E-state index contributed by atoms with van der Waals surface area (Å²) in [6.45, 7) is 4.20. The lowest BCUT2D eigenvalue weighted by Crippen LogP contribution is -2.35. The van der Waals surface area contributed by atoms with E-state index < -0.39 is 5.97 Å². The van der Waals surface area contributed by atoms with Crippen LogP contribution in [0.1, 0.15) is 58.7 Å². The highest BCUT2D eigenvalue weighted by molar-refractivity contribution is 5.88. The number of aromatic carboxylic acids is 1. The number of carbonyl (C=O) groups is 1. The summed E-state index contributed by atoms with van der Waals surface area (Å²) >= 11 is 0. The van der Waals surface area contributed by atoms with Gasteiger partial charge in [0, 0.05) is 12.2 Å². The van der Waals surface area contributed by atoms with E-state index in [0.717, 1.165) is 56.2 Å². The van der Waals surface area contributed by atoms with Crippen LogP contribution in [0.15, 0.2) is 54.6 Å². The molecular formula is C31H32FN5O4. The number of halogens is 1. The van der Waals surface area contributed by atoms with Crippen LogP contribution in [0.3, 0.4) is 0 Å². The minimum Gasteiger partial charge on any atom is -0.489 e. The second kappa shape index (κ2) is 10.8. The van der Waals surface area contributed by atoms with E-state index in [1.165, 1.54) is 17.7 Å². The van der Waals surface area contributed by atoms with Crippen molar-refractivity contribution in [3.05, 3.63) is 83.1 Å². The number of para-hydroxylation sites is 1. The molecule has 7 rings (SSSR count). The Labute approximate surface area is 236 Å². The lowest BCUT2D eigenvalue weighted by Gasteiger charge is -2.35. The summed E-state index contributed by atoms with van der Waals surface area (Å²) in [5, 5.41) is 12.9. The molecule has 3 aliphatic heterocycles. The number of aromatic nitrogens is 3. The molecule has 41 heavy (non-hydrogen) atoms. The minimum atomic E-state index is -1.05. The third-order valence-corrected chi connectivity index (χ3v) is 8.51. The van der Waals surface area contributed by atoms with Gasteiger partial charge >= 0.3 is 5.97 Å². The van der Waals surface area contributed by atoms with E-state index in [-0.39, 0.29) is 23.7 Å². The van der Waals surface area contributed by atoms with Crippen molar-refractivity contribution in [1.29, 1.82) is 0 Å². The average Bonchev–Trinajstić information content (AvgIpc) is 3.30. The molecule has 2 N–H and O–H groups in total. The van der Waals surface area contributed by atoms with Crippen LogP contribution in [0.4, 0.5) is 10.1 Å². The molecule has 5 heterocycles. The largest absolute Gasteiger partial charge is 0.489 e. The first-order chi connectivity index (χ1) is 20.0. The molecule has 9 nitrogen and oxygen atoms in total. The molecule has 2 aromatic carbocycles. The molecule has 4 aromatic rings. The number of ether oxygens (including phenoxy) is 2. The van der Waals surface area contributed by atoms with Gasteiger partial charge < -0.3 is 24.5 Å². The van der Waals surface area contributed by atoms with Crippen LogP contribution in [0.25, 0.3) is 11.2 Å². The quantitative estimate of drug-likeness (QED) is 0.328. The Morgan fingerprint density at radius 2 is 1.83 bits per heavy atom. The van der Waals surface area contributed by atoms with Crippen molar-refractivity contribution >= 4 is 22.8 Å². The van der Waals surface area contributed by atoms with E-state index >= 15 is 0 Å². The standard InChI is InChI=1S/C31H32FN5O4/c32-23-6-2-1-4-22(23)27-18-41-29-21(5-3-7-24(29)33-27)19-10-13-36(14-11-19)17-28-34-25-8-9-26(31(38)39)35-30(25)37(28)16-20-12-15-40-20/h1-9,19-20,27,33H,10-18H2,(H,38,39). The molecule has 0 bridgehead atoms. The SMILES string of the molecule is O=C(O)c1ccc2nc(CN3CCC(c4cccc5c4OCC(c4ccccc4F)N5)CC3)n(CC3CCO3)c2n1. The Balaban J connectivity index is 1.06. The lowest BCUT2D eigenvalue weighted by molar-refractivity contribution is -0.0593. The number of carboxylic acid groups (broad SMARTS) is 1. The van der Waals surface area contributed by atoms with Gasteiger partial charge in [0.25, 0.3) is 0 Å². The van der Waals surface area contributed by atoms with E-state index in [1.54, 1.807) is 18.2 Å². The molecule has 212 valence electrons. The first-order valence-electron chi connectivity index (χ1n) is 14.2. The monoisotopic (exact) mass is 557 g/mol. The fourth-order valence-corrected chi connectivity index (χ4v) is 6.19. The van der Waals surface area contributed by atoms with E-state index in [2.05, 4.69) is 21.3 Å². The Kier molecular flexibility index (Phi) is 6.80. The zero-order chi connectivity index (χ0) is 27.9. The number of carboxylic acids is 1. The molecule has 2 fully saturated rings. The molecule has 10 heteroatoms. The normalized spacial score (nSPS) is 21.1. The van der Waals surface area contributed by atoms with Crippen molar-refractivity contribution in [3.63, 3.8) is 0 Å². The van der Waals surface area contributed by atoms with Crippen LogP contribution in [0.2, 0.25) is 0 Å². The predicted octanol–water partition coefficient (Wildman–Crippen LogP) is 4.98. The first kappa shape index (κ1) is 25.9. The summed E-state index contributed by atoms with van der Waals surface area (Å²) in [6, 6.07) is 16.0. The summed E-state index contributed by atoms with van der Waals surface area (Å²) in [6.07, 6.45) is 3.03. The maximum absolute atomic E-state index is 14.4. The number of hydrogen-bond donors (Lipinski definition) is 2.